The highest BCUT2D eigenvalue weighted by Gasteiger charge is 2.32. The van der Waals surface area contributed by atoms with E-state index in [-0.39, 0.29) is 36.6 Å². The summed E-state index contributed by atoms with van der Waals surface area (Å²) in [5, 5.41) is 3.95. The van der Waals surface area contributed by atoms with Crippen LogP contribution in [0.5, 0.6) is 17.2 Å². The molecular formula is C32H32ClF2N3O5S. The molecule has 5 rings (SSSR count). The molecule has 0 spiro atoms. The van der Waals surface area contributed by atoms with Crippen molar-refractivity contribution in [3.8, 4) is 17.2 Å². The number of anilines is 1. The molecule has 1 saturated heterocycles. The van der Waals surface area contributed by atoms with Crippen molar-refractivity contribution in [1.29, 1.82) is 0 Å². The molecule has 1 aliphatic heterocycles. The summed E-state index contributed by atoms with van der Waals surface area (Å²) in [5.74, 6) is -1.56. The largest absolute Gasteiger partial charge is 0.497 e. The van der Waals surface area contributed by atoms with Crippen LogP contribution in [0.15, 0.2) is 83.9 Å². The van der Waals surface area contributed by atoms with Crippen LogP contribution in [0.1, 0.15) is 23.5 Å². The van der Waals surface area contributed by atoms with Gasteiger partial charge in [-0.05, 0) is 60.8 Å². The molecular weight excluding hydrogens is 612 g/mol. The molecule has 2 heterocycles. The number of rotatable bonds is 11. The van der Waals surface area contributed by atoms with Gasteiger partial charge >= 0.3 is 0 Å². The zero-order valence-corrected chi connectivity index (χ0v) is 25.7. The van der Waals surface area contributed by atoms with Crippen molar-refractivity contribution >= 4 is 27.4 Å². The van der Waals surface area contributed by atoms with Gasteiger partial charge in [-0.3, -0.25) is 0 Å². The molecule has 1 N–H and O–H groups in total. The molecule has 232 valence electrons. The fourth-order valence-corrected chi connectivity index (χ4v) is 6.89. The maximum absolute atomic E-state index is 15.6. The molecule has 44 heavy (non-hydrogen) atoms. The summed E-state index contributed by atoms with van der Waals surface area (Å²) in [7, 11) is -1.72. The summed E-state index contributed by atoms with van der Waals surface area (Å²) >= 11 is 6.05. The number of hydrogen-bond donors (Lipinski definition) is 1. The SMILES string of the molecule is COc1ccc(CN(c2ccccn2)S(=O)(=O)c2cc(F)c(OC[C@@H]3CNCC[C@H]3c3ccc(Cl)cc3)cc2F)c(OC)c1. The van der Waals surface area contributed by atoms with Gasteiger partial charge in [0.2, 0.25) is 0 Å². The number of pyridine rings is 1. The smallest absolute Gasteiger partial charge is 0.268 e. The highest BCUT2D eigenvalue weighted by molar-refractivity contribution is 7.92. The summed E-state index contributed by atoms with van der Waals surface area (Å²) in [6.45, 7) is 1.26. The van der Waals surface area contributed by atoms with Gasteiger partial charge in [0.15, 0.2) is 11.6 Å². The Labute approximate surface area is 260 Å². The van der Waals surface area contributed by atoms with E-state index in [1.54, 1.807) is 30.3 Å². The molecule has 12 heteroatoms. The minimum atomic E-state index is -4.65. The molecule has 1 aromatic heterocycles. The second kappa shape index (κ2) is 13.8. The van der Waals surface area contributed by atoms with Gasteiger partial charge in [0.1, 0.15) is 28.0 Å². The van der Waals surface area contributed by atoms with E-state index in [4.69, 9.17) is 25.8 Å². The van der Waals surface area contributed by atoms with Gasteiger partial charge in [-0.25, -0.2) is 26.5 Å². The lowest BCUT2D eigenvalue weighted by atomic mass is 9.81. The topological polar surface area (TPSA) is 90.0 Å². The Morgan fingerprint density at radius 3 is 2.48 bits per heavy atom. The van der Waals surface area contributed by atoms with Crippen LogP contribution in [0.25, 0.3) is 0 Å². The van der Waals surface area contributed by atoms with Gasteiger partial charge in [-0.1, -0.05) is 29.8 Å². The van der Waals surface area contributed by atoms with Crippen molar-refractivity contribution in [3.63, 3.8) is 0 Å². The van der Waals surface area contributed by atoms with Crippen molar-refractivity contribution in [3.05, 3.63) is 107 Å². The monoisotopic (exact) mass is 643 g/mol. The van der Waals surface area contributed by atoms with Crippen molar-refractivity contribution in [2.75, 3.05) is 38.2 Å². The molecule has 0 amide bonds. The number of ether oxygens (including phenoxy) is 3. The fourth-order valence-electron chi connectivity index (χ4n) is 5.31. The van der Waals surface area contributed by atoms with E-state index in [1.165, 1.54) is 26.5 Å². The Balaban J connectivity index is 1.42. The second-order valence-corrected chi connectivity index (χ2v) is 12.6. The lowest BCUT2D eigenvalue weighted by Crippen LogP contribution is -2.38. The summed E-state index contributed by atoms with van der Waals surface area (Å²) in [6, 6.07) is 18.6. The normalized spacial score (nSPS) is 16.8. The minimum Gasteiger partial charge on any atom is -0.497 e. The van der Waals surface area contributed by atoms with Crippen LogP contribution < -0.4 is 23.8 Å². The van der Waals surface area contributed by atoms with E-state index in [9.17, 15) is 8.42 Å². The van der Waals surface area contributed by atoms with Crippen LogP contribution >= 0.6 is 11.6 Å². The third kappa shape index (κ3) is 6.90. The highest BCUT2D eigenvalue weighted by Crippen LogP contribution is 2.35. The Morgan fingerprint density at radius 2 is 1.77 bits per heavy atom. The van der Waals surface area contributed by atoms with Crippen LogP contribution in [0.4, 0.5) is 14.6 Å². The highest BCUT2D eigenvalue weighted by atomic mass is 35.5. The molecule has 4 aromatic rings. The van der Waals surface area contributed by atoms with Crippen molar-refractivity contribution in [2.24, 2.45) is 5.92 Å². The molecule has 0 unspecified atom stereocenters. The molecule has 0 radical (unpaired) electrons. The third-order valence-electron chi connectivity index (χ3n) is 7.63. The van der Waals surface area contributed by atoms with Crippen molar-refractivity contribution in [1.82, 2.24) is 10.3 Å². The van der Waals surface area contributed by atoms with Crippen LogP contribution in [0.2, 0.25) is 5.02 Å². The molecule has 0 aliphatic carbocycles. The first-order valence-corrected chi connectivity index (χ1v) is 15.8. The summed E-state index contributed by atoms with van der Waals surface area (Å²) in [4.78, 5) is 3.32. The van der Waals surface area contributed by atoms with Gasteiger partial charge in [-0.2, -0.15) is 0 Å². The quantitative estimate of drug-likeness (QED) is 0.208. The van der Waals surface area contributed by atoms with E-state index in [0.29, 0.717) is 34.7 Å². The van der Waals surface area contributed by atoms with Gasteiger partial charge in [0.25, 0.3) is 10.0 Å². The lowest BCUT2D eigenvalue weighted by molar-refractivity contribution is 0.190. The van der Waals surface area contributed by atoms with Crippen molar-refractivity contribution in [2.45, 2.75) is 23.8 Å². The van der Waals surface area contributed by atoms with Crippen molar-refractivity contribution < 1.29 is 31.4 Å². The number of aromatic nitrogens is 1. The first kappa shape index (κ1) is 31.5. The number of halogens is 3. The fraction of sp³-hybridized carbons (Fsp3) is 0.281. The second-order valence-electron chi connectivity index (χ2n) is 10.3. The van der Waals surface area contributed by atoms with Crippen LogP contribution in [0, 0.1) is 17.6 Å². The van der Waals surface area contributed by atoms with E-state index in [0.717, 1.165) is 28.9 Å². The van der Waals surface area contributed by atoms with Gasteiger partial charge in [0.05, 0.1) is 27.4 Å². The van der Waals surface area contributed by atoms with E-state index >= 15 is 8.78 Å². The molecule has 1 aliphatic rings. The first-order chi connectivity index (χ1) is 21.2. The Kier molecular flexibility index (Phi) is 9.87. The van der Waals surface area contributed by atoms with Crippen LogP contribution in [0.3, 0.4) is 0 Å². The Morgan fingerprint density at radius 1 is 0.977 bits per heavy atom. The van der Waals surface area contributed by atoms with Gasteiger partial charge in [0, 0.05) is 47.4 Å². The number of nitrogens with zero attached hydrogens (tertiary/aromatic N) is 2. The van der Waals surface area contributed by atoms with Gasteiger partial charge in [-0.15, -0.1) is 0 Å². The van der Waals surface area contributed by atoms with E-state index in [1.807, 2.05) is 24.3 Å². The summed E-state index contributed by atoms with van der Waals surface area (Å²) < 4.78 is 76.2. The predicted octanol–water partition coefficient (Wildman–Crippen LogP) is 6.20. The average molecular weight is 644 g/mol. The Bertz CT molecular complexity index is 1690. The molecule has 0 saturated carbocycles. The predicted molar refractivity (Wildman–Crippen MR) is 164 cm³/mol. The number of methoxy groups -OCH3 is 2. The number of nitrogens with one attached hydrogen (secondary N) is 1. The number of sulfonamides is 1. The Hall–Kier alpha value is -3.93. The minimum absolute atomic E-state index is 0.0172. The zero-order chi connectivity index (χ0) is 31.3. The first-order valence-electron chi connectivity index (χ1n) is 13.9. The number of piperidine rings is 1. The average Bonchev–Trinajstić information content (AvgIpc) is 3.04. The van der Waals surface area contributed by atoms with Crippen LogP contribution in [-0.2, 0) is 16.6 Å². The van der Waals surface area contributed by atoms with Crippen LogP contribution in [-0.4, -0.2) is 47.3 Å². The van der Waals surface area contributed by atoms with Gasteiger partial charge < -0.3 is 19.5 Å². The lowest BCUT2D eigenvalue weighted by Gasteiger charge is -2.32. The molecule has 8 nitrogen and oxygen atoms in total. The number of benzene rings is 3. The van der Waals surface area contributed by atoms with E-state index in [2.05, 4.69) is 10.3 Å². The maximum Gasteiger partial charge on any atom is 0.268 e. The summed E-state index contributed by atoms with van der Waals surface area (Å²) in [6.07, 6.45) is 2.25. The molecule has 3 aromatic carbocycles. The maximum atomic E-state index is 15.6. The molecule has 1 fully saturated rings. The standard InChI is InChI=1S/C32H32ClF2N3O5S/c1-41-25-11-8-22(29(15-25)42-2)19-38(32-5-3-4-13-37-32)44(39,40)31-17-27(34)30(16-28(31)35)43-20-23-18-36-14-12-26(23)21-6-9-24(33)10-7-21/h3-11,13,15-17,23,26,36H,12,14,18-20H2,1-2H3/t23-,26-/m0/s1. The van der Waals surface area contributed by atoms with E-state index < -0.39 is 26.6 Å². The number of hydrogen-bond acceptors (Lipinski definition) is 7. The third-order valence-corrected chi connectivity index (χ3v) is 9.64. The zero-order valence-electron chi connectivity index (χ0n) is 24.2. The molecule has 0 bridgehead atoms. The summed E-state index contributed by atoms with van der Waals surface area (Å²) in [5.41, 5.74) is 1.54. The molecule has 2 atom stereocenters.